The third-order valence-corrected chi connectivity index (χ3v) is 2.09. The maximum absolute atomic E-state index is 8.75. The first-order valence-electron chi connectivity index (χ1n) is 3.32. The first kappa shape index (κ1) is 9.69. The minimum absolute atomic E-state index is 0.437. The van der Waals surface area contributed by atoms with E-state index < -0.39 is 7.12 Å². The molecule has 5 heteroatoms. The van der Waals surface area contributed by atoms with Crippen molar-refractivity contribution in [2.45, 2.75) is 0 Å². The van der Waals surface area contributed by atoms with Crippen LogP contribution in [0.25, 0.3) is 0 Å². The van der Waals surface area contributed by atoms with Crippen LogP contribution in [-0.4, -0.2) is 20.9 Å². The molecule has 62 valence electrons. The average Bonchev–Trinajstić information content (AvgIpc) is 2.04. The molecule has 3 nitrogen and oxygen atoms in total. The minimum atomic E-state index is -1.43. The lowest BCUT2D eigenvalue weighted by atomic mass is 9.80. The van der Waals surface area contributed by atoms with Gasteiger partial charge in [0, 0.05) is 5.56 Å². The van der Waals surface area contributed by atoms with Gasteiger partial charge in [-0.25, -0.2) is 0 Å². The fourth-order valence-electron chi connectivity index (χ4n) is 0.802. The van der Waals surface area contributed by atoms with Gasteiger partial charge in [-0.3, -0.25) is 5.41 Å². The topological polar surface area (TPSA) is 64.3 Å². The predicted molar refractivity (Wildman–Crippen MR) is 57.1 cm³/mol. The number of halogens is 1. The number of benzene rings is 1. The molecule has 1 aromatic carbocycles. The molecule has 0 aliphatic heterocycles. The zero-order valence-corrected chi connectivity index (χ0v) is 8.32. The van der Waals surface area contributed by atoms with Crippen LogP contribution in [0.3, 0.4) is 0 Å². The van der Waals surface area contributed by atoms with Crippen LogP contribution in [0, 0.1) is 5.41 Å². The molecular weight excluding hydrogens is 268 g/mol. The van der Waals surface area contributed by atoms with Crippen molar-refractivity contribution >= 4 is 38.9 Å². The van der Waals surface area contributed by atoms with Crippen molar-refractivity contribution in [1.29, 1.82) is 5.41 Å². The maximum Gasteiger partial charge on any atom is 0.488 e. The molecule has 0 saturated carbocycles. The Kier molecular flexibility index (Phi) is 3.24. The normalized spacial score (nSPS) is 9.58. The van der Waals surface area contributed by atoms with Crippen LogP contribution in [0.5, 0.6) is 0 Å². The molecule has 0 atom stereocenters. The molecule has 0 spiro atoms. The Hall–Kier alpha value is -0.395. The standard InChI is InChI=1S/C7H7BINO2/c9-7(10)5-1-3-6(4-2-5)8(11)12/h1-4,10-12H. The highest BCUT2D eigenvalue weighted by Gasteiger charge is 2.09. The van der Waals surface area contributed by atoms with Crippen molar-refractivity contribution in [2.75, 3.05) is 0 Å². The van der Waals surface area contributed by atoms with Crippen LogP contribution in [0.2, 0.25) is 0 Å². The lowest BCUT2D eigenvalue weighted by Crippen LogP contribution is -2.29. The van der Waals surface area contributed by atoms with Crippen molar-refractivity contribution < 1.29 is 10.0 Å². The highest BCUT2D eigenvalue weighted by Crippen LogP contribution is 2.03. The quantitative estimate of drug-likeness (QED) is 0.408. The molecule has 12 heavy (non-hydrogen) atoms. The predicted octanol–water partition coefficient (Wildman–Crippen LogP) is 0.127. The third kappa shape index (κ3) is 2.29. The average molecular weight is 275 g/mol. The van der Waals surface area contributed by atoms with Crippen molar-refractivity contribution in [3.8, 4) is 0 Å². The molecule has 3 N–H and O–H groups in total. The van der Waals surface area contributed by atoms with Gasteiger partial charge in [-0.05, 0) is 28.1 Å². The molecule has 0 radical (unpaired) electrons. The SMILES string of the molecule is N=C(I)c1ccc(B(O)O)cc1. The van der Waals surface area contributed by atoms with Crippen LogP contribution in [-0.2, 0) is 0 Å². The number of rotatable bonds is 2. The Morgan fingerprint density at radius 3 is 2.08 bits per heavy atom. The molecule has 0 unspecified atom stereocenters. The Morgan fingerprint density at radius 1 is 1.25 bits per heavy atom. The summed E-state index contributed by atoms with van der Waals surface area (Å²) < 4.78 is 0.437. The molecule has 1 aromatic rings. The fourth-order valence-corrected chi connectivity index (χ4v) is 1.16. The second-order valence-electron chi connectivity index (χ2n) is 2.31. The molecule has 0 bridgehead atoms. The molecule has 0 aliphatic carbocycles. The fraction of sp³-hybridized carbons (Fsp3) is 0. The lowest BCUT2D eigenvalue weighted by Gasteiger charge is -1.99. The van der Waals surface area contributed by atoms with Gasteiger partial charge in [0.2, 0.25) is 0 Å². The summed E-state index contributed by atoms with van der Waals surface area (Å²) in [6.45, 7) is 0. The van der Waals surface area contributed by atoms with Crippen LogP contribution in [0.15, 0.2) is 24.3 Å². The van der Waals surface area contributed by atoms with Gasteiger partial charge < -0.3 is 10.0 Å². The largest absolute Gasteiger partial charge is 0.488 e. The summed E-state index contributed by atoms with van der Waals surface area (Å²) in [7, 11) is -1.43. The van der Waals surface area contributed by atoms with Crippen LogP contribution in [0.4, 0.5) is 0 Å². The highest BCUT2D eigenvalue weighted by atomic mass is 127. The van der Waals surface area contributed by atoms with E-state index in [0.717, 1.165) is 5.56 Å². The first-order valence-corrected chi connectivity index (χ1v) is 4.39. The van der Waals surface area contributed by atoms with Crippen LogP contribution < -0.4 is 5.46 Å². The summed E-state index contributed by atoms with van der Waals surface area (Å²) in [5.41, 5.74) is 1.22. The second kappa shape index (κ2) is 4.02. The van der Waals surface area contributed by atoms with E-state index in [1.54, 1.807) is 24.3 Å². The van der Waals surface area contributed by atoms with Gasteiger partial charge >= 0.3 is 7.12 Å². The summed E-state index contributed by atoms with van der Waals surface area (Å²) >= 11 is 1.90. The Bertz CT molecular complexity index is 286. The van der Waals surface area contributed by atoms with Gasteiger partial charge in [-0.1, -0.05) is 24.3 Å². The van der Waals surface area contributed by atoms with Gasteiger partial charge in [-0.15, -0.1) is 0 Å². The van der Waals surface area contributed by atoms with E-state index >= 15 is 0 Å². The summed E-state index contributed by atoms with van der Waals surface area (Å²) in [6.07, 6.45) is 0. The van der Waals surface area contributed by atoms with Gasteiger partial charge in [-0.2, -0.15) is 0 Å². The van der Waals surface area contributed by atoms with E-state index in [1.165, 1.54) is 0 Å². The molecule has 0 saturated heterocycles. The molecule has 0 amide bonds. The van der Waals surface area contributed by atoms with Gasteiger partial charge in [0.15, 0.2) is 0 Å². The zero-order chi connectivity index (χ0) is 9.14. The van der Waals surface area contributed by atoms with E-state index in [2.05, 4.69) is 0 Å². The van der Waals surface area contributed by atoms with Gasteiger partial charge in [0.05, 0.1) is 3.72 Å². The highest BCUT2D eigenvalue weighted by molar-refractivity contribution is 14.1. The van der Waals surface area contributed by atoms with Crippen molar-refractivity contribution in [1.82, 2.24) is 0 Å². The maximum atomic E-state index is 8.75. The number of hydrogen-bond acceptors (Lipinski definition) is 3. The Labute approximate surface area is 84.2 Å². The first-order chi connectivity index (χ1) is 5.61. The zero-order valence-electron chi connectivity index (χ0n) is 6.16. The van der Waals surface area contributed by atoms with E-state index in [9.17, 15) is 0 Å². The Balaban J connectivity index is 2.93. The molecule has 1 rings (SSSR count). The Morgan fingerprint density at radius 2 is 1.75 bits per heavy atom. The summed E-state index contributed by atoms with van der Waals surface area (Å²) in [6, 6.07) is 6.55. The summed E-state index contributed by atoms with van der Waals surface area (Å²) in [5, 5.41) is 24.8. The molecule has 0 fully saturated rings. The number of nitrogens with one attached hydrogen (secondary N) is 1. The lowest BCUT2D eigenvalue weighted by molar-refractivity contribution is 0.426. The van der Waals surface area contributed by atoms with Crippen molar-refractivity contribution in [3.63, 3.8) is 0 Å². The number of hydrogen-bond donors (Lipinski definition) is 3. The van der Waals surface area contributed by atoms with Gasteiger partial charge in [0.25, 0.3) is 0 Å². The molecule has 0 aromatic heterocycles. The molecule has 0 heterocycles. The summed E-state index contributed by atoms with van der Waals surface area (Å²) in [5.74, 6) is 0. The van der Waals surface area contributed by atoms with Crippen LogP contribution >= 0.6 is 22.6 Å². The van der Waals surface area contributed by atoms with E-state index in [-0.39, 0.29) is 0 Å². The monoisotopic (exact) mass is 275 g/mol. The van der Waals surface area contributed by atoms with Crippen molar-refractivity contribution in [2.24, 2.45) is 0 Å². The van der Waals surface area contributed by atoms with E-state index in [4.69, 9.17) is 15.5 Å². The summed E-state index contributed by atoms with van der Waals surface area (Å²) in [4.78, 5) is 0. The minimum Gasteiger partial charge on any atom is -0.423 e. The molecule has 0 aliphatic rings. The van der Waals surface area contributed by atoms with Crippen LogP contribution in [0.1, 0.15) is 5.56 Å². The van der Waals surface area contributed by atoms with E-state index in [0.29, 0.717) is 9.18 Å². The van der Waals surface area contributed by atoms with Gasteiger partial charge in [0.1, 0.15) is 0 Å². The second-order valence-corrected chi connectivity index (χ2v) is 3.39. The molecular formula is C7H7BINO2. The van der Waals surface area contributed by atoms with Crippen molar-refractivity contribution in [3.05, 3.63) is 29.8 Å². The third-order valence-electron chi connectivity index (χ3n) is 1.46. The van der Waals surface area contributed by atoms with E-state index in [1.807, 2.05) is 22.6 Å². The smallest absolute Gasteiger partial charge is 0.423 e.